The number of ether oxygens (including phenoxy) is 2. The van der Waals surface area contributed by atoms with Gasteiger partial charge in [0.15, 0.2) is 17.3 Å². The van der Waals surface area contributed by atoms with E-state index in [2.05, 4.69) is 22.4 Å². The van der Waals surface area contributed by atoms with Gasteiger partial charge < -0.3 is 24.2 Å². The lowest BCUT2D eigenvalue weighted by Crippen LogP contribution is -2.19. The third-order valence-corrected chi connectivity index (χ3v) is 5.87. The molecule has 1 aromatic heterocycles. The van der Waals surface area contributed by atoms with Crippen LogP contribution in [-0.2, 0) is 11.2 Å². The molecule has 0 bridgehead atoms. The fourth-order valence-corrected chi connectivity index (χ4v) is 3.93. The van der Waals surface area contributed by atoms with Gasteiger partial charge in [0.1, 0.15) is 6.61 Å². The summed E-state index contributed by atoms with van der Waals surface area (Å²) in [7, 11) is 5.57. The summed E-state index contributed by atoms with van der Waals surface area (Å²) in [4.78, 5) is 19.1. The van der Waals surface area contributed by atoms with Crippen molar-refractivity contribution in [2.45, 2.75) is 20.3 Å². The highest BCUT2D eigenvalue weighted by Gasteiger charge is 2.12. The lowest BCUT2D eigenvalue weighted by Gasteiger charge is -2.15. The van der Waals surface area contributed by atoms with Crippen LogP contribution in [0, 0.1) is 13.8 Å². The lowest BCUT2D eigenvalue weighted by atomic mass is 9.97. The number of aromatic nitrogens is 2. The summed E-state index contributed by atoms with van der Waals surface area (Å²) >= 11 is 0. The van der Waals surface area contributed by atoms with E-state index in [1.54, 1.807) is 32.2 Å². The van der Waals surface area contributed by atoms with Crippen LogP contribution >= 0.6 is 0 Å². The van der Waals surface area contributed by atoms with Crippen molar-refractivity contribution >= 4 is 11.6 Å². The Morgan fingerprint density at radius 2 is 1.73 bits per heavy atom. The highest BCUT2D eigenvalue weighted by molar-refractivity contribution is 5.92. The third kappa shape index (κ3) is 6.74. The van der Waals surface area contributed by atoms with E-state index in [-0.39, 0.29) is 12.3 Å². The summed E-state index contributed by atoms with van der Waals surface area (Å²) in [5.41, 5.74) is 5.75. The van der Waals surface area contributed by atoms with Crippen molar-refractivity contribution in [2.75, 3.05) is 39.7 Å². The molecule has 0 aliphatic heterocycles. The summed E-state index contributed by atoms with van der Waals surface area (Å²) in [5, 5.41) is 6.82. The van der Waals surface area contributed by atoms with Gasteiger partial charge in [0.25, 0.3) is 5.89 Å². The Morgan fingerprint density at radius 1 is 0.973 bits per heavy atom. The molecular weight excluding hydrogens is 468 g/mol. The van der Waals surface area contributed by atoms with Gasteiger partial charge in [0.2, 0.25) is 5.91 Å². The first-order valence-electron chi connectivity index (χ1n) is 12.1. The molecule has 4 aromatic rings. The Hall–Kier alpha value is -4.17. The number of benzene rings is 3. The predicted molar refractivity (Wildman–Crippen MR) is 144 cm³/mol. The van der Waals surface area contributed by atoms with E-state index in [4.69, 9.17) is 14.0 Å². The van der Waals surface area contributed by atoms with E-state index in [9.17, 15) is 4.79 Å². The third-order valence-electron chi connectivity index (χ3n) is 5.87. The summed E-state index contributed by atoms with van der Waals surface area (Å²) in [6.45, 7) is 5.15. The summed E-state index contributed by atoms with van der Waals surface area (Å²) < 4.78 is 16.5. The maximum Gasteiger partial charge on any atom is 0.257 e. The second-order valence-electron chi connectivity index (χ2n) is 9.12. The summed E-state index contributed by atoms with van der Waals surface area (Å²) in [6, 6.07) is 19.5. The zero-order valence-corrected chi connectivity index (χ0v) is 21.9. The van der Waals surface area contributed by atoms with Crippen molar-refractivity contribution in [3.8, 4) is 34.1 Å². The van der Waals surface area contributed by atoms with Crippen molar-refractivity contribution < 1.29 is 18.8 Å². The van der Waals surface area contributed by atoms with Gasteiger partial charge in [-0.3, -0.25) is 4.79 Å². The van der Waals surface area contributed by atoms with Crippen LogP contribution in [-0.4, -0.2) is 55.3 Å². The van der Waals surface area contributed by atoms with E-state index >= 15 is 0 Å². The minimum Gasteiger partial charge on any atom is -0.493 e. The second kappa shape index (κ2) is 11.7. The quantitative estimate of drug-likeness (QED) is 0.322. The molecule has 1 amide bonds. The Balaban J connectivity index is 1.39. The summed E-state index contributed by atoms with van der Waals surface area (Å²) in [5.74, 6) is 2.24. The molecule has 1 heterocycles. The molecule has 0 spiro atoms. The van der Waals surface area contributed by atoms with Crippen molar-refractivity contribution in [2.24, 2.45) is 0 Å². The number of anilines is 1. The van der Waals surface area contributed by atoms with Crippen LogP contribution in [0.5, 0.6) is 11.5 Å². The highest BCUT2D eigenvalue weighted by Crippen LogP contribution is 2.31. The van der Waals surface area contributed by atoms with E-state index in [1.807, 2.05) is 61.5 Å². The first kappa shape index (κ1) is 25.9. The molecule has 0 saturated heterocycles. The first-order chi connectivity index (χ1) is 17.8. The van der Waals surface area contributed by atoms with Gasteiger partial charge in [-0.1, -0.05) is 35.5 Å². The van der Waals surface area contributed by atoms with Crippen molar-refractivity contribution in [1.29, 1.82) is 0 Å². The molecule has 37 heavy (non-hydrogen) atoms. The maximum atomic E-state index is 12.7. The molecule has 8 nitrogen and oxygen atoms in total. The average Bonchev–Trinajstić information content (AvgIpc) is 3.31. The fourth-order valence-electron chi connectivity index (χ4n) is 3.93. The number of aryl methyl sites for hydroxylation is 2. The molecule has 0 aliphatic carbocycles. The Morgan fingerprint density at radius 3 is 2.38 bits per heavy atom. The van der Waals surface area contributed by atoms with Crippen LogP contribution < -0.4 is 14.8 Å². The molecule has 3 aromatic carbocycles. The van der Waals surface area contributed by atoms with Gasteiger partial charge in [0.05, 0.1) is 13.5 Å². The van der Waals surface area contributed by atoms with Gasteiger partial charge in [-0.2, -0.15) is 4.98 Å². The molecule has 0 saturated carbocycles. The normalized spacial score (nSPS) is 11.0. The largest absolute Gasteiger partial charge is 0.493 e. The molecule has 0 atom stereocenters. The zero-order chi connectivity index (χ0) is 26.4. The zero-order valence-electron chi connectivity index (χ0n) is 21.9. The molecule has 0 aliphatic rings. The summed E-state index contributed by atoms with van der Waals surface area (Å²) in [6.07, 6.45) is 0.261. The van der Waals surface area contributed by atoms with E-state index in [0.717, 1.165) is 34.4 Å². The number of rotatable bonds is 10. The SMILES string of the molecule is COc1ccc(NC(=O)Cc2ccc(-c3ccc(-c4nc(C)no4)cc3C)cc2)cc1OCCN(C)C. The van der Waals surface area contributed by atoms with E-state index in [0.29, 0.717) is 35.5 Å². The van der Waals surface area contributed by atoms with E-state index in [1.165, 1.54) is 0 Å². The number of hydrogen-bond acceptors (Lipinski definition) is 7. The standard InChI is InChI=1S/C29H32N4O4/c1-19-16-23(29-30-20(2)32-37-29)10-12-25(19)22-8-6-21(7-9-22)17-28(34)31-24-11-13-26(35-5)27(18-24)36-15-14-33(3)4/h6-13,16,18H,14-15,17H2,1-5H3,(H,31,34). The molecule has 0 fully saturated rings. The fraction of sp³-hybridized carbons (Fsp3) is 0.276. The van der Waals surface area contributed by atoms with Gasteiger partial charge in [0, 0.05) is 23.9 Å². The number of nitrogens with one attached hydrogen (secondary N) is 1. The van der Waals surface area contributed by atoms with Crippen LogP contribution in [0.25, 0.3) is 22.6 Å². The molecule has 0 unspecified atom stereocenters. The minimum absolute atomic E-state index is 0.104. The number of nitrogens with zero attached hydrogens (tertiary/aromatic N) is 3. The predicted octanol–water partition coefficient (Wildman–Crippen LogP) is 5.15. The van der Waals surface area contributed by atoms with Crippen molar-refractivity contribution in [1.82, 2.24) is 15.0 Å². The van der Waals surface area contributed by atoms with Crippen LogP contribution in [0.3, 0.4) is 0 Å². The molecule has 192 valence electrons. The van der Waals surface area contributed by atoms with Crippen LogP contribution in [0.1, 0.15) is 17.0 Å². The van der Waals surface area contributed by atoms with Crippen molar-refractivity contribution in [3.63, 3.8) is 0 Å². The van der Waals surface area contributed by atoms with Crippen LogP contribution in [0.2, 0.25) is 0 Å². The smallest absolute Gasteiger partial charge is 0.257 e. The number of carbonyl (C=O) groups excluding carboxylic acids is 1. The minimum atomic E-state index is -0.104. The molecule has 0 radical (unpaired) electrons. The topological polar surface area (TPSA) is 89.7 Å². The monoisotopic (exact) mass is 500 g/mol. The lowest BCUT2D eigenvalue weighted by molar-refractivity contribution is -0.115. The Bertz CT molecular complexity index is 1360. The number of likely N-dealkylation sites (N-methyl/N-ethyl adjacent to an activating group) is 1. The van der Waals surface area contributed by atoms with Gasteiger partial charge >= 0.3 is 0 Å². The highest BCUT2D eigenvalue weighted by atomic mass is 16.5. The van der Waals surface area contributed by atoms with Gasteiger partial charge in [-0.25, -0.2) is 0 Å². The number of carbonyl (C=O) groups is 1. The second-order valence-corrected chi connectivity index (χ2v) is 9.12. The molecule has 4 rings (SSSR count). The van der Waals surface area contributed by atoms with Crippen LogP contribution in [0.15, 0.2) is 65.2 Å². The average molecular weight is 501 g/mol. The van der Waals surface area contributed by atoms with Crippen LogP contribution in [0.4, 0.5) is 5.69 Å². The number of hydrogen-bond donors (Lipinski definition) is 1. The maximum absolute atomic E-state index is 12.7. The molecule has 1 N–H and O–H groups in total. The molecular formula is C29H32N4O4. The van der Waals surface area contributed by atoms with Gasteiger partial charge in [-0.15, -0.1) is 0 Å². The Labute approximate surface area is 217 Å². The van der Waals surface area contributed by atoms with Crippen molar-refractivity contribution in [3.05, 3.63) is 77.6 Å². The Kier molecular flexibility index (Phi) is 8.20. The van der Waals surface area contributed by atoms with E-state index < -0.39 is 0 Å². The number of methoxy groups -OCH3 is 1. The first-order valence-corrected chi connectivity index (χ1v) is 12.1. The van der Waals surface area contributed by atoms with Gasteiger partial charge in [-0.05, 0) is 74.5 Å². The molecule has 8 heteroatoms. The number of amides is 1.